The van der Waals surface area contributed by atoms with Crippen molar-refractivity contribution in [1.29, 1.82) is 0 Å². The molecule has 3 rings (SSSR count). The van der Waals surface area contributed by atoms with Crippen LogP contribution in [0.4, 0.5) is 10.1 Å². The van der Waals surface area contributed by atoms with Gasteiger partial charge >= 0.3 is 0 Å². The molecular formula is C18H18FN5O2. The Morgan fingerprint density at radius 1 is 1.23 bits per heavy atom. The molecule has 1 amide bonds. The van der Waals surface area contributed by atoms with Crippen LogP contribution in [0.3, 0.4) is 0 Å². The third kappa shape index (κ3) is 3.85. The number of rotatable bonds is 5. The van der Waals surface area contributed by atoms with Gasteiger partial charge in [-0.3, -0.25) is 4.79 Å². The average Bonchev–Trinajstić information content (AvgIpc) is 2.96. The number of hydrogen-bond donors (Lipinski definition) is 1. The monoisotopic (exact) mass is 355 g/mol. The van der Waals surface area contributed by atoms with Crippen molar-refractivity contribution in [3.63, 3.8) is 0 Å². The van der Waals surface area contributed by atoms with Crippen LogP contribution in [0.1, 0.15) is 18.3 Å². The van der Waals surface area contributed by atoms with Crippen LogP contribution >= 0.6 is 0 Å². The summed E-state index contributed by atoms with van der Waals surface area (Å²) < 4.78 is 20.6. The number of amides is 1. The van der Waals surface area contributed by atoms with Gasteiger partial charge in [-0.25, -0.2) is 19.0 Å². The van der Waals surface area contributed by atoms with Crippen LogP contribution in [0, 0.1) is 19.7 Å². The molecule has 0 radical (unpaired) electrons. The minimum Gasteiger partial charge on any atom is -0.478 e. The minimum atomic E-state index is -0.886. The summed E-state index contributed by atoms with van der Waals surface area (Å²) in [5, 5.41) is 6.94. The lowest BCUT2D eigenvalue weighted by Crippen LogP contribution is -2.30. The molecule has 134 valence electrons. The second kappa shape index (κ2) is 7.30. The minimum absolute atomic E-state index is 0.0197. The van der Waals surface area contributed by atoms with Gasteiger partial charge in [-0.2, -0.15) is 5.10 Å². The Labute approximate surface area is 149 Å². The second-order valence-corrected chi connectivity index (χ2v) is 5.79. The number of nitrogens with zero attached hydrogens (tertiary/aromatic N) is 4. The molecule has 1 N–H and O–H groups in total. The van der Waals surface area contributed by atoms with Gasteiger partial charge in [-0.05, 0) is 39.0 Å². The van der Waals surface area contributed by atoms with Crippen LogP contribution in [0.25, 0.3) is 5.95 Å². The van der Waals surface area contributed by atoms with Gasteiger partial charge in [-0.1, -0.05) is 12.1 Å². The average molecular weight is 355 g/mol. The fourth-order valence-electron chi connectivity index (χ4n) is 2.35. The molecule has 8 heteroatoms. The highest BCUT2D eigenvalue weighted by atomic mass is 19.1. The molecule has 26 heavy (non-hydrogen) atoms. The van der Waals surface area contributed by atoms with Gasteiger partial charge in [0.1, 0.15) is 0 Å². The standard InChI is InChI=1S/C18H18FN5O2/c1-11-8-12(2)24(23-11)18-20-9-14(10-21-18)22-17(25)13(3)26-16-7-5-4-6-15(16)19/h4-10,13H,1-3H3,(H,22,25). The zero-order chi connectivity index (χ0) is 18.7. The van der Waals surface area contributed by atoms with Crippen molar-refractivity contribution >= 4 is 11.6 Å². The number of hydrogen-bond acceptors (Lipinski definition) is 5. The second-order valence-electron chi connectivity index (χ2n) is 5.79. The van der Waals surface area contributed by atoms with E-state index in [-0.39, 0.29) is 5.75 Å². The molecule has 2 aromatic heterocycles. The summed E-state index contributed by atoms with van der Waals surface area (Å²) in [6.07, 6.45) is 2.07. The van der Waals surface area contributed by atoms with Gasteiger partial charge in [0.2, 0.25) is 0 Å². The summed E-state index contributed by atoms with van der Waals surface area (Å²) >= 11 is 0. The van der Waals surface area contributed by atoms with Gasteiger partial charge in [0.25, 0.3) is 11.9 Å². The van der Waals surface area contributed by atoms with Crippen LogP contribution in [0.5, 0.6) is 5.75 Å². The van der Waals surface area contributed by atoms with Crippen molar-refractivity contribution in [2.24, 2.45) is 0 Å². The summed E-state index contributed by atoms with van der Waals surface area (Å²) in [4.78, 5) is 20.6. The number of aryl methyl sites for hydroxylation is 2. The van der Waals surface area contributed by atoms with Crippen molar-refractivity contribution < 1.29 is 13.9 Å². The summed E-state index contributed by atoms with van der Waals surface area (Å²) in [7, 11) is 0. The van der Waals surface area contributed by atoms with E-state index in [9.17, 15) is 9.18 Å². The Hall–Kier alpha value is -3.29. The lowest BCUT2D eigenvalue weighted by Gasteiger charge is -2.15. The zero-order valence-corrected chi connectivity index (χ0v) is 14.6. The van der Waals surface area contributed by atoms with E-state index in [1.807, 2.05) is 19.9 Å². The summed E-state index contributed by atoms with van der Waals surface area (Å²) in [5.41, 5.74) is 2.18. The molecule has 0 aliphatic heterocycles. The Bertz CT molecular complexity index is 924. The van der Waals surface area contributed by atoms with Crippen LogP contribution in [-0.4, -0.2) is 31.8 Å². The van der Waals surface area contributed by atoms with Crippen molar-refractivity contribution in [3.8, 4) is 11.7 Å². The van der Waals surface area contributed by atoms with Gasteiger partial charge < -0.3 is 10.1 Å². The fourth-order valence-corrected chi connectivity index (χ4v) is 2.35. The van der Waals surface area contributed by atoms with E-state index in [1.54, 1.807) is 16.8 Å². The molecule has 0 aliphatic carbocycles. The molecule has 0 saturated heterocycles. The molecular weight excluding hydrogens is 337 g/mol. The van der Waals surface area contributed by atoms with Gasteiger partial charge in [0.15, 0.2) is 17.7 Å². The predicted octanol–water partition coefficient (Wildman–Crippen LogP) is 2.82. The van der Waals surface area contributed by atoms with Crippen LogP contribution in [0.15, 0.2) is 42.7 Å². The van der Waals surface area contributed by atoms with E-state index < -0.39 is 17.8 Å². The number of aromatic nitrogens is 4. The van der Waals surface area contributed by atoms with E-state index >= 15 is 0 Å². The van der Waals surface area contributed by atoms with E-state index in [0.717, 1.165) is 11.4 Å². The highest BCUT2D eigenvalue weighted by molar-refractivity contribution is 5.93. The number of nitrogens with one attached hydrogen (secondary N) is 1. The van der Waals surface area contributed by atoms with Crippen molar-refractivity contribution in [1.82, 2.24) is 19.7 Å². The SMILES string of the molecule is Cc1cc(C)n(-c2ncc(NC(=O)C(C)Oc3ccccc3F)cn2)n1. The first-order valence-corrected chi connectivity index (χ1v) is 8.02. The Balaban J connectivity index is 1.66. The topological polar surface area (TPSA) is 81.9 Å². The quantitative estimate of drug-likeness (QED) is 0.761. The van der Waals surface area contributed by atoms with E-state index in [1.165, 1.54) is 31.5 Å². The van der Waals surface area contributed by atoms with Crippen LogP contribution < -0.4 is 10.1 Å². The largest absolute Gasteiger partial charge is 0.478 e. The molecule has 0 saturated carbocycles. The van der Waals surface area contributed by atoms with Crippen LogP contribution in [0.2, 0.25) is 0 Å². The van der Waals surface area contributed by atoms with E-state index in [4.69, 9.17) is 4.74 Å². The molecule has 0 aliphatic rings. The number of para-hydroxylation sites is 1. The number of halogens is 1. The third-order valence-corrected chi connectivity index (χ3v) is 3.61. The number of ether oxygens (including phenoxy) is 1. The smallest absolute Gasteiger partial charge is 0.265 e. The normalized spacial score (nSPS) is 11.8. The number of anilines is 1. The van der Waals surface area contributed by atoms with Crippen molar-refractivity contribution in [3.05, 3.63) is 59.9 Å². The van der Waals surface area contributed by atoms with E-state index in [0.29, 0.717) is 11.6 Å². The number of benzene rings is 1. The maximum Gasteiger partial charge on any atom is 0.265 e. The Kier molecular flexibility index (Phi) is 4.92. The molecule has 7 nitrogen and oxygen atoms in total. The summed E-state index contributed by atoms with van der Waals surface area (Å²) in [6, 6.07) is 7.83. The molecule has 1 aromatic carbocycles. The first-order chi connectivity index (χ1) is 12.4. The van der Waals surface area contributed by atoms with Crippen molar-refractivity contribution in [2.45, 2.75) is 26.9 Å². The molecule has 1 atom stereocenters. The molecule has 3 aromatic rings. The molecule has 1 unspecified atom stereocenters. The summed E-state index contributed by atoms with van der Waals surface area (Å²) in [5.74, 6) is -0.532. The fraction of sp³-hybridized carbons (Fsp3) is 0.222. The molecule has 0 bridgehead atoms. The first kappa shape index (κ1) is 17.5. The highest BCUT2D eigenvalue weighted by Gasteiger charge is 2.17. The Morgan fingerprint density at radius 3 is 2.54 bits per heavy atom. The van der Waals surface area contributed by atoms with Gasteiger partial charge in [-0.15, -0.1) is 0 Å². The maximum atomic E-state index is 13.6. The molecule has 2 heterocycles. The van der Waals surface area contributed by atoms with Crippen molar-refractivity contribution in [2.75, 3.05) is 5.32 Å². The third-order valence-electron chi connectivity index (χ3n) is 3.61. The van der Waals surface area contributed by atoms with Gasteiger partial charge in [0, 0.05) is 5.69 Å². The maximum absolute atomic E-state index is 13.6. The zero-order valence-electron chi connectivity index (χ0n) is 14.6. The summed E-state index contributed by atoms with van der Waals surface area (Å²) in [6.45, 7) is 5.32. The lowest BCUT2D eigenvalue weighted by atomic mass is 10.3. The molecule has 0 spiro atoms. The lowest BCUT2D eigenvalue weighted by molar-refractivity contribution is -0.122. The van der Waals surface area contributed by atoms with Gasteiger partial charge in [0.05, 0.1) is 23.8 Å². The molecule has 0 fully saturated rings. The number of carbonyl (C=O) groups is 1. The number of carbonyl (C=O) groups excluding carboxylic acids is 1. The highest BCUT2D eigenvalue weighted by Crippen LogP contribution is 2.17. The van der Waals surface area contributed by atoms with E-state index in [2.05, 4.69) is 20.4 Å². The first-order valence-electron chi connectivity index (χ1n) is 8.02. The Morgan fingerprint density at radius 2 is 1.92 bits per heavy atom. The predicted molar refractivity (Wildman–Crippen MR) is 93.7 cm³/mol. The van der Waals surface area contributed by atoms with Crippen LogP contribution in [-0.2, 0) is 4.79 Å².